The molecule has 0 aromatic heterocycles. The highest BCUT2D eigenvalue weighted by atomic mass is 16.6. The van der Waals surface area contributed by atoms with Crippen LogP contribution in [0.2, 0.25) is 0 Å². The first kappa shape index (κ1) is 14.2. The normalized spacial score (nSPS) is 10.1. The zero-order valence-corrected chi connectivity index (χ0v) is 10.5. The first-order valence-electron chi connectivity index (χ1n) is 5.76. The Kier molecular flexibility index (Phi) is 3.66. The zero-order chi connectivity index (χ0) is 15.6. The second kappa shape index (κ2) is 5.41. The molecule has 0 amide bonds. The van der Waals surface area contributed by atoms with Crippen molar-refractivity contribution in [1.29, 1.82) is 0 Å². The molecule has 0 heterocycles. The van der Waals surface area contributed by atoms with Gasteiger partial charge in [0.25, 0.3) is 5.69 Å². The number of nitrogens with zero attached hydrogens (tertiary/aromatic N) is 1. The van der Waals surface area contributed by atoms with Crippen molar-refractivity contribution in [2.45, 2.75) is 0 Å². The number of carboxylic acid groups (broad SMARTS) is 2. The number of nitro groups is 1. The van der Waals surface area contributed by atoms with Gasteiger partial charge >= 0.3 is 11.9 Å². The minimum Gasteiger partial charge on any atom is -0.478 e. The smallest absolute Gasteiger partial charge is 0.336 e. The maximum atomic E-state index is 11.2. The van der Waals surface area contributed by atoms with Gasteiger partial charge in [-0.1, -0.05) is 18.2 Å². The van der Waals surface area contributed by atoms with E-state index in [-0.39, 0.29) is 22.3 Å². The fraction of sp³-hybridized carbons (Fsp3) is 0. The van der Waals surface area contributed by atoms with Crippen molar-refractivity contribution in [2.75, 3.05) is 0 Å². The lowest BCUT2D eigenvalue weighted by Gasteiger charge is -2.07. The van der Waals surface area contributed by atoms with Crippen molar-refractivity contribution in [1.82, 2.24) is 0 Å². The highest BCUT2D eigenvalue weighted by Crippen LogP contribution is 2.33. The van der Waals surface area contributed by atoms with Crippen LogP contribution in [0.3, 0.4) is 0 Å². The molecule has 0 spiro atoms. The molecule has 0 atom stereocenters. The largest absolute Gasteiger partial charge is 0.478 e. The number of hydrogen-bond donors (Lipinski definition) is 2. The van der Waals surface area contributed by atoms with Crippen molar-refractivity contribution in [3.8, 4) is 11.1 Å². The minimum atomic E-state index is -1.30. The maximum Gasteiger partial charge on any atom is 0.336 e. The Morgan fingerprint density at radius 1 is 0.952 bits per heavy atom. The van der Waals surface area contributed by atoms with Gasteiger partial charge in [0.05, 0.1) is 21.6 Å². The molecule has 2 N–H and O–H groups in total. The van der Waals surface area contributed by atoms with Crippen LogP contribution < -0.4 is 0 Å². The number of nitro benzene ring substituents is 1. The second-order valence-corrected chi connectivity index (χ2v) is 4.14. The van der Waals surface area contributed by atoms with E-state index in [1.807, 2.05) is 0 Å². The van der Waals surface area contributed by atoms with E-state index in [0.717, 1.165) is 6.07 Å². The first-order valence-corrected chi connectivity index (χ1v) is 5.76. The third-order valence-corrected chi connectivity index (χ3v) is 2.89. The van der Waals surface area contributed by atoms with E-state index < -0.39 is 22.5 Å². The second-order valence-electron chi connectivity index (χ2n) is 4.14. The van der Waals surface area contributed by atoms with Gasteiger partial charge < -0.3 is 10.2 Å². The van der Waals surface area contributed by atoms with Crippen molar-refractivity contribution in [2.24, 2.45) is 0 Å². The van der Waals surface area contributed by atoms with Crippen LogP contribution in [0.25, 0.3) is 11.1 Å². The lowest BCUT2D eigenvalue weighted by Crippen LogP contribution is -2.03. The number of rotatable bonds is 4. The fourth-order valence-corrected chi connectivity index (χ4v) is 1.95. The Balaban J connectivity index is 2.72. The van der Waals surface area contributed by atoms with Gasteiger partial charge in [0.1, 0.15) is 0 Å². The summed E-state index contributed by atoms with van der Waals surface area (Å²) >= 11 is 0. The molecule has 0 saturated heterocycles. The molecule has 0 saturated carbocycles. The number of carboxylic acids is 2. The quantitative estimate of drug-likeness (QED) is 0.659. The molecule has 106 valence electrons. The summed E-state index contributed by atoms with van der Waals surface area (Å²) < 4.78 is 0. The molecule has 0 unspecified atom stereocenters. The van der Waals surface area contributed by atoms with Gasteiger partial charge in [0, 0.05) is 11.6 Å². The van der Waals surface area contributed by atoms with E-state index in [0.29, 0.717) is 0 Å². The van der Waals surface area contributed by atoms with Gasteiger partial charge in [-0.05, 0) is 18.2 Å². The first-order chi connectivity index (χ1) is 9.91. The molecule has 2 rings (SSSR count). The monoisotopic (exact) mass is 287 g/mol. The molecular formula is C14H9NO6. The van der Waals surface area contributed by atoms with Crippen LogP contribution in [-0.4, -0.2) is 27.1 Å². The molecule has 0 fully saturated rings. The summed E-state index contributed by atoms with van der Waals surface area (Å²) in [5.41, 5.74) is -0.567. The Morgan fingerprint density at radius 2 is 1.62 bits per heavy atom. The number of benzene rings is 2. The van der Waals surface area contributed by atoms with Crippen molar-refractivity contribution in [3.05, 3.63) is 63.7 Å². The summed E-state index contributed by atoms with van der Waals surface area (Å²) in [6, 6.07) is 9.17. The maximum absolute atomic E-state index is 11.2. The lowest BCUT2D eigenvalue weighted by atomic mass is 9.97. The highest BCUT2D eigenvalue weighted by Gasteiger charge is 2.21. The van der Waals surface area contributed by atoms with E-state index in [9.17, 15) is 19.7 Å². The third kappa shape index (κ3) is 2.71. The van der Waals surface area contributed by atoms with E-state index in [1.165, 1.54) is 30.3 Å². The van der Waals surface area contributed by atoms with Crippen LogP contribution in [0.15, 0.2) is 42.5 Å². The van der Waals surface area contributed by atoms with Crippen molar-refractivity contribution >= 4 is 17.6 Å². The molecule has 7 nitrogen and oxygen atoms in total. The van der Waals surface area contributed by atoms with Gasteiger partial charge in [0.2, 0.25) is 0 Å². The zero-order valence-electron chi connectivity index (χ0n) is 10.5. The molecule has 0 aliphatic rings. The predicted octanol–water partition coefficient (Wildman–Crippen LogP) is 2.66. The Labute approximate surface area is 118 Å². The lowest BCUT2D eigenvalue weighted by molar-refractivity contribution is -0.384. The Morgan fingerprint density at radius 3 is 2.19 bits per heavy atom. The van der Waals surface area contributed by atoms with Gasteiger partial charge in [-0.3, -0.25) is 10.1 Å². The molecule has 2 aromatic carbocycles. The summed E-state index contributed by atoms with van der Waals surface area (Å²) in [6.45, 7) is 0. The van der Waals surface area contributed by atoms with Gasteiger partial charge in [-0.25, -0.2) is 9.59 Å². The fourth-order valence-electron chi connectivity index (χ4n) is 1.95. The van der Waals surface area contributed by atoms with E-state index in [2.05, 4.69) is 0 Å². The molecule has 0 aliphatic carbocycles. The Bertz CT molecular complexity index is 753. The average Bonchev–Trinajstić information content (AvgIpc) is 2.46. The molecule has 0 radical (unpaired) electrons. The van der Waals surface area contributed by atoms with Crippen LogP contribution in [0.1, 0.15) is 20.7 Å². The summed E-state index contributed by atoms with van der Waals surface area (Å²) in [4.78, 5) is 32.4. The average molecular weight is 287 g/mol. The van der Waals surface area contributed by atoms with Crippen LogP contribution in [-0.2, 0) is 0 Å². The van der Waals surface area contributed by atoms with Crippen molar-refractivity contribution < 1.29 is 24.7 Å². The van der Waals surface area contributed by atoms with Crippen molar-refractivity contribution in [3.63, 3.8) is 0 Å². The van der Waals surface area contributed by atoms with E-state index >= 15 is 0 Å². The molecule has 0 bridgehead atoms. The molecule has 21 heavy (non-hydrogen) atoms. The van der Waals surface area contributed by atoms with Crippen LogP contribution >= 0.6 is 0 Å². The van der Waals surface area contributed by atoms with E-state index in [4.69, 9.17) is 10.2 Å². The topological polar surface area (TPSA) is 118 Å². The van der Waals surface area contributed by atoms with Gasteiger partial charge in [-0.15, -0.1) is 0 Å². The number of aromatic carboxylic acids is 2. The Hall–Kier alpha value is -3.22. The number of hydrogen-bond acceptors (Lipinski definition) is 4. The SMILES string of the molecule is O=C(O)c1ccc(-c2ccccc2C(=O)O)c([N+](=O)[O-])c1. The highest BCUT2D eigenvalue weighted by molar-refractivity contribution is 5.98. The summed E-state index contributed by atoms with van der Waals surface area (Å²) in [5.74, 6) is -2.52. The summed E-state index contributed by atoms with van der Waals surface area (Å²) in [7, 11) is 0. The number of carbonyl (C=O) groups is 2. The van der Waals surface area contributed by atoms with Gasteiger partial charge in [-0.2, -0.15) is 0 Å². The standard InChI is InChI=1S/C14H9NO6/c16-13(17)8-5-6-10(12(7-8)15(20)21)9-3-1-2-4-11(9)14(18)19/h1-7H,(H,16,17)(H,18,19). The predicted molar refractivity (Wildman–Crippen MR) is 72.5 cm³/mol. The summed E-state index contributed by atoms with van der Waals surface area (Å²) in [6.07, 6.45) is 0. The molecule has 2 aromatic rings. The van der Waals surface area contributed by atoms with Gasteiger partial charge in [0.15, 0.2) is 0 Å². The van der Waals surface area contributed by atoms with Crippen LogP contribution in [0.5, 0.6) is 0 Å². The molecular weight excluding hydrogens is 278 g/mol. The van der Waals surface area contributed by atoms with E-state index in [1.54, 1.807) is 6.07 Å². The van der Waals surface area contributed by atoms with Crippen LogP contribution in [0, 0.1) is 10.1 Å². The molecule has 0 aliphatic heterocycles. The van der Waals surface area contributed by atoms with Crippen LogP contribution in [0.4, 0.5) is 5.69 Å². The summed E-state index contributed by atoms with van der Waals surface area (Å²) in [5, 5.41) is 29.1. The molecule has 7 heteroatoms. The minimum absolute atomic E-state index is 0.0583. The third-order valence-electron chi connectivity index (χ3n) is 2.89.